The molecule has 3 N–H and O–H groups in total. The van der Waals surface area contributed by atoms with Gasteiger partial charge in [-0.3, -0.25) is 25.8 Å². The Bertz CT molecular complexity index is 1190. The van der Waals surface area contributed by atoms with E-state index in [-0.39, 0.29) is 11.3 Å². The van der Waals surface area contributed by atoms with Crippen molar-refractivity contribution >= 4 is 52.1 Å². The van der Waals surface area contributed by atoms with Crippen molar-refractivity contribution in [3.05, 3.63) is 80.1 Å². The van der Waals surface area contributed by atoms with Gasteiger partial charge in [-0.05, 0) is 36.4 Å². The van der Waals surface area contributed by atoms with Crippen LogP contribution in [0, 0.1) is 10.1 Å². The molecule has 1 heterocycles. The number of hydrogen-bond acceptors (Lipinski definition) is 7. The van der Waals surface area contributed by atoms with Crippen molar-refractivity contribution < 1.29 is 22.9 Å². The van der Waals surface area contributed by atoms with Gasteiger partial charge in [0.05, 0.1) is 15.5 Å². The lowest BCUT2D eigenvalue weighted by atomic mass is 10.2. The highest BCUT2D eigenvalue weighted by molar-refractivity contribution is 6.31. The van der Waals surface area contributed by atoms with Gasteiger partial charge in [0.15, 0.2) is 0 Å². The minimum absolute atomic E-state index is 0.155. The fourth-order valence-corrected chi connectivity index (χ4v) is 2.92. The van der Waals surface area contributed by atoms with Crippen LogP contribution < -0.4 is 16.2 Å². The second-order valence-corrected chi connectivity index (χ2v) is 6.93. The number of hydrazine groups is 1. The van der Waals surface area contributed by atoms with Gasteiger partial charge in [-0.1, -0.05) is 29.3 Å². The Morgan fingerprint density at radius 2 is 1.78 bits per heavy atom. The number of nitrogens with one attached hydrogen (secondary N) is 3. The van der Waals surface area contributed by atoms with Crippen molar-refractivity contribution in [1.82, 2.24) is 15.4 Å². The van der Waals surface area contributed by atoms with Crippen molar-refractivity contribution in [2.24, 2.45) is 0 Å². The van der Waals surface area contributed by atoms with E-state index in [1.165, 1.54) is 24.3 Å². The summed E-state index contributed by atoms with van der Waals surface area (Å²) in [4.78, 5) is 30.4. The van der Waals surface area contributed by atoms with E-state index in [0.29, 0.717) is 11.1 Å². The first-order chi connectivity index (χ1) is 15.1. The number of amides is 1. The SMILES string of the molecule is O=C(NNc1ncnc(Nc2ccc(Cl)c(C(F)(F)F)c2)c1[N+](=O)[O-])c1cccc(Cl)c1. The highest BCUT2D eigenvalue weighted by Gasteiger charge is 2.33. The Balaban J connectivity index is 1.87. The summed E-state index contributed by atoms with van der Waals surface area (Å²) in [5.74, 6) is -1.49. The van der Waals surface area contributed by atoms with Crippen LogP contribution in [0.2, 0.25) is 10.0 Å². The standard InChI is InChI=1S/C18H11Cl2F3N6O3/c19-10-3-1-2-9(6-10)17(30)28-27-16-14(29(31)32)15(24-8-25-16)26-11-4-5-13(20)12(7-11)18(21,22)23/h1-8H,(H,28,30)(H2,24,25,26,27). The maximum atomic E-state index is 13.1. The third kappa shape index (κ3) is 5.34. The van der Waals surface area contributed by atoms with E-state index >= 15 is 0 Å². The number of alkyl halides is 3. The van der Waals surface area contributed by atoms with Crippen LogP contribution in [-0.4, -0.2) is 20.8 Å². The Kier molecular flexibility index (Phi) is 6.65. The molecule has 9 nitrogen and oxygen atoms in total. The van der Waals surface area contributed by atoms with E-state index in [1.807, 2.05) is 0 Å². The molecule has 0 aliphatic carbocycles. The van der Waals surface area contributed by atoms with Gasteiger partial charge in [0.1, 0.15) is 6.33 Å². The zero-order chi connectivity index (χ0) is 23.5. The van der Waals surface area contributed by atoms with Gasteiger partial charge in [-0.15, -0.1) is 0 Å². The number of carbonyl (C=O) groups is 1. The lowest BCUT2D eigenvalue weighted by molar-refractivity contribution is -0.383. The number of anilines is 3. The van der Waals surface area contributed by atoms with Crippen LogP contribution in [0.1, 0.15) is 15.9 Å². The second-order valence-electron chi connectivity index (χ2n) is 6.08. The van der Waals surface area contributed by atoms with E-state index in [2.05, 4.69) is 26.1 Å². The lowest BCUT2D eigenvalue weighted by Gasteiger charge is -2.13. The molecule has 0 fully saturated rings. The first kappa shape index (κ1) is 23.0. The second kappa shape index (κ2) is 9.24. The van der Waals surface area contributed by atoms with E-state index in [4.69, 9.17) is 23.2 Å². The molecule has 14 heteroatoms. The monoisotopic (exact) mass is 486 g/mol. The van der Waals surface area contributed by atoms with Crippen LogP contribution >= 0.6 is 23.2 Å². The van der Waals surface area contributed by atoms with E-state index in [1.54, 1.807) is 6.07 Å². The lowest BCUT2D eigenvalue weighted by Crippen LogP contribution is -2.30. The minimum atomic E-state index is -4.73. The number of rotatable bonds is 6. The first-order valence-corrected chi connectivity index (χ1v) is 9.27. The number of hydrogen-bond donors (Lipinski definition) is 3. The van der Waals surface area contributed by atoms with Crippen LogP contribution in [0.15, 0.2) is 48.8 Å². The van der Waals surface area contributed by atoms with Gasteiger partial charge in [0.25, 0.3) is 5.91 Å². The summed E-state index contributed by atoms with van der Waals surface area (Å²) >= 11 is 11.4. The molecule has 0 aliphatic rings. The maximum absolute atomic E-state index is 13.1. The molecule has 2 aromatic carbocycles. The molecule has 0 atom stereocenters. The Hall–Kier alpha value is -3.64. The summed E-state index contributed by atoms with van der Waals surface area (Å²) in [5, 5.41) is 13.8. The smallest absolute Gasteiger partial charge is 0.334 e. The van der Waals surface area contributed by atoms with Crippen molar-refractivity contribution in [3.8, 4) is 0 Å². The molecule has 0 bridgehead atoms. The number of benzene rings is 2. The van der Waals surface area contributed by atoms with Gasteiger partial charge in [0.2, 0.25) is 11.6 Å². The molecule has 32 heavy (non-hydrogen) atoms. The Morgan fingerprint density at radius 3 is 2.44 bits per heavy atom. The molecule has 1 amide bonds. The van der Waals surface area contributed by atoms with Gasteiger partial charge in [-0.25, -0.2) is 9.97 Å². The molecular weight excluding hydrogens is 476 g/mol. The molecular formula is C18H11Cl2F3N6O3. The Morgan fingerprint density at radius 1 is 1.06 bits per heavy atom. The van der Waals surface area contributed by atoms with Gasteiger partial charge >= 0.3 is 11.9 Å². The number of carbonyl (C=O) groups excluding carboxylic acids is 1. The summed E-state index contributed by atoms with van der Waals surface area (Å²) in [5.41, 5.74) is 2.70. The average Bonchev–Trinajstić information content (AvgIpc) is 2.72. The predicted octanol–water partition coefficient (Wildman–Crippen LogP) is 5.21. The third-order valence-corrected chi connectivity index (χ3v) is 4.49. The third-order valence-electron chi connectivity index (χ3n) is 3.92. The zero-order valence-corrected chi connectivity index (χ0v) is 17.1. The van der Waals surface area contributed by atoms with Crippen molar-refractivity contribution in [3.63, 3.8) is 0 Å². The zero-order valence-electron chi connectivity index (χ0n) is 15.6. The largest absolute Gasteiger partial charge is 0.417 e. The summed E-state index contributed by atoms with van der Waals surface area (Å²) in [7, 11) is 0. The van der Waals surface area contributed by atoms with E-state index in [0.717, 1.165) is 12.4 Å². The van der Waals surface area contributed by atoms with E-state index < -0.39 is 44.9 Å². The maximum Gasteiger partial charge on any atom is 0.417 e. The van der Waals surface area contributed by atoms with Gasteiger partial charge < -0.3 is 5.32 Å². The van der Waals surface area contributed by atoms with E-state index in [9.17, 15) is 28.1 Å². The number of nitrogens with zero attached hydrogens (tertiary/aromatic N) is 3. The van der Waals surface area contributed by atoms with Crippen LogP contribution in [0.5, 0.6) is 0 Å². The molecule has 1 aromatic heterocycles. The van der Waals surface area contributed by atoms with Crippen LogP contribution in [0.25, 0.3) is 0 Å². The number of aromatic nitrogens is 2. The highest BCUT2D eigenvalue weighted by atomic mass is 35.5. The molecule has 0 spiro atoms. The minimum Gasteiger partial charge on any atom is -0.334 e. The van der Waals surface area contributed by atoms with Crippen molar-refractivity contribution in [2.45, 2.75) is 6.18 Å². The molecule has 0 saturated heterocycles. The van der Waals surface area contributed by atoms with Crippen molar-refractivity contribution in [2.75, 3.05) is 10.7 Å². The number of halogens is 5. The molecule has 3 rings (SSSR count). The van der Waals surface area contributed by atoms with Gasteiger partial charge in [0, 0.05) is 16.3 Å². The number of nitro groups is 1. The topological polar surface area (TPSA) is 122 Å². The normalized spacial score (nSPS) is 11.0. The van der Waals surface area contributed by atoms with Crippen LogP contribution in [0.4, 0.5) is 36.2 Å². The summed E-state index contributed by atoms with van der Waals surface area (Å²) in [6.07, 6.45) is -3.81. The Labute approximate surface area is 187 Å². The van der Waals surface area contributed by atoms with Crippen molar-refractivity contribution in [1.29, 1.82) is 0 Å². The first-order valence-electron chi connectivity index (χ1n) is 8.51. The fourth-order valence-electron chi connectivity index (χ4n) is 2.51. The molecule has 0 unspecified atom stereocenters. The summed E-state index contributed by atoms with van der Waals surface area (Å²) in [6, 6.07) is 8.79. The fraction of sp³-hybridized carbons (Fsp3) is 0.0556. The molecule has 0 saturated carbocycles. The highest BCUT2D eigenvalue weighted by Crippen LogP contribution is 2.37. The predicted molar refractivity (Wildman–Crippen MR) is 111 cm³/mol. The molecule has 0 radical (unpaired) electrons. The molecule has 0 aliphatic heterocycles. The quantitative estimate of drug-likeness (QED) is 0.322. The van der Waals surface area contributed by atoms with Crippen LogP contribution in [-0.2, 0) is 6.18 Å². The molecule has 166 valence electrons. The molecule has 3 aromatic rings. The van der Waals surface area contributed by atoms with Gasteiger partial charge in [-0.2, -0.15) is 13.2 Å². The summed E-state index contributed by atoms with van der Waals surface area (Å²) in [6.45, 7) is 0. The van der Waals surface area contributed by atoms with Crippen LogP contribution in [0.3, 0.4) is 0 Å². The summed E-state index contributed by atoms with van der Waals surface area (Å²) < 4.78 is 39.2. The average molecular weight is 487 g/mol.